The van der Waals surface area contributed by atoms with Gasteiger partial charge in [0, 0.05) is 0 Å². The Morgan fingerprint density at radius 3 is 2.15 bits per heavy atom. The fraction of sp³-hybridized carbons (Fsp3) is 0.600. The highest BCUT2D eigenvalue weighted by molar-refractivity contribution is 5.27. The highest BCUT2D eigenvalue weighted by Crippen LogP contribution is 2.30. The van der Waals surface area contributed by atoms with Crippen LogP contribution in [0.2, 0.25) is 0 Å². The van der Waals surface area contributed by atoms with Crippen LogP contribution >= 0.6 is 0 Å². The van der Waals surface area contributed by atoms with E-state index in [1.165, 1.54) is 6.08 Å². The normalized spacial score (nSPS) is 21.7. The van der Waals surface area contributed by atoms with Gasteiger partial charge in [-0.2, -0.15) is 13.2 Å². The second kappa shape index (κ2) is 5.10. The molecule has 3 heteroatoms. The Morgan fingerprint density at radius 1 is 1.31 bits per heavy atom. The Hall–Kier alpha value is -0.730. The summed E-state index contributed by atoms with van der Waals surface area (Å²) >= 11 is 0. The molecule has 0 radical (unpaired) electrons. The lowest BCUT2D eigenvalue weighted by atomic mass is 9.98. The molecule has 76 valence electrons. The summed E-state index contributed by atoms with van der Waals surface area (Å²) in [6.07, 6.45) is 0.498. The third kappa shape index (κ3) is 4.15. The van der Waals surface area contributed by atoms with Crippen LogP contribution in [0.4, 0.5) is 13.2 Å². The van der Waals surface area contributed by atoms with E-state index in [0.717, 1.165) is 6.08 Å². The van der Waals surface area contributed by atoms with Gasteiger partial charge < -0.3 is 0 Å². The first-order chi connectivity index (χ1) is 6.00. The molecule has 0 N–H and O–H groups in total. The molecule has 0 aromatic heterocycles. The second-order valence-electron chi connectivity index (χ2n) is 2.74. The number of hydrogen-bond donors (Lipinski definition) is 0. The van der Waals surface area contributed by atoms with Crippen molar-refractivity contribution in [2.45, 2.75) is 33.4 Å². The van der Waals surface area contributed by atoms with Crippen molar-refractivity contribution in [1.29, 1.82) is 0 Å². The van der Waals surface area contributed by atoms with Crippen LogP contribution in [0.5, 0.6) is 0 Å². The second-order valence-corrected chi connectivity index (χ2v) is 2.74. The van der Waals surface area contributed by atoms with Crippen LogP contribution in [0.3, 0.4) is 0 Å². The fourth-order valence-electron chi connectivity index (χ4n) is 1.03. The summed E-state index contributed by atoms with van der Waals surface area (Å²) < 4.78 is 36.0. The van der Waals surface area contributed by atoms with Crippen molar-refractivity contribution in [2.24, 2.45) is 5.92 Å². The SMILES string of the molecule is CC.CC1C=C(C(F)(F)F)C=CC1. The molecule has 0 nitrogen and oxygen atoms in total. The summed E-state index contributed by atoms with van der Waals surface area (Å²) in [4.78, 5) is 0. The molecule has 0 aromatic rings. The van der Waals surface area contributed by atoms with Gasteiger partial charge in [-0.1, -0.05) is 39.0 Å². The highest BCUT2D eigenvalue weighted by Gasteiger charge is 2.32. The largest absolute Gasteiger partial charge is 0.416 e. The van der Waals surface area contributed by atoms with Gasteiger partial charge in [-0.05, 0) is 12.3 Å². The lowest BCUT2D eigenvalue weighted by Crippen LogP contribution is -2.13. The van der Waals surface area contributed by atoms with Gasteiger partial charge in [-0.15, -0.1) is 0 Å². The summed E-state index contributed by atoms with van der Waals surface area (Å²) in [7, 11) is 0. The molecule has 0 fully saturated rings. The third-order valence-electron chi connectivity index (χ3n) is 1.60. The Balaban J connectivity index is 0.000000671. The van der Waals surface area contributed by atoms with Gasteiger partial charge in [0.2, 0.25) is 0 Å². The van der Waals surface area contributed by atoms with E-state index in [1.807, 2.05) is 13.8 Å². The molecule has 13 heavy (non-hydrogen) atoms. The van der Waals surface area contributed by atoms with Crippen molar-refractivity contribution in [3.8, 4) is 0 Å². The number of halogens is 3. The zero-order valence-corrected chi connectivity index (χ0v) is 8.15. The quantitative estimate of drug-likeness (QED) is 0.542. The summed E-state index contributed by atoms with van der Waals surface area (Å²) in [6, 6.07) is 0. The number of alkyl halides is 3. The van der Waals surface area contributed by atoms with E-state index in [1.54, 1.807) is 13.0 Å². The predicted molar refractivity (Wildman–Crippen MR) is 48.4 cm³/mol. The van der Waals surface area contributed by atoms with Crippen LogP contribution in [0.1, 0.15) is 27.2 Å². The summed E-state index contributed by atoms with van der Waals surface area (Å²) in [5, 5.41) is 0. The Labute approximate surface area is 77.1 Å². The summed E-state index contributed by atoms with van der Waals surface area (Å²) in [5.41, 5.74) is -0.517. The first kappa shape index (κ1) is 12.3. The van der Waals surface area contributed by atoms with E-state index in [2.05, 4.69) is 0 Å². The predicted octanol–water partition coefficient (Wildman–Crippen LogP) is 4.10. The molecule has 0 saturated carbocycles. The average Bonchev–Trinajstić information content (AvgIpc) is 2.06. The lowest BCUT2D eigenvalue weighted by molar-refractivity contribution is -0.0888. The Morgan fingerprint density at radius 2 is 1.85 bits per heavy atom. The molecule has 0 aliphatic heterocycles. The molecule has 0 bridgehead atoms. The van der Waals surface area contributed by atoms with E-state index in [0.29, 0.717) is 6.42 Å². The maximum Gasteiger partial charge on any atom is 0.416 e. The minimum Gasteiger partial charge on any atom is -0.166 e. The molecule has 1 rings (SSSR count). The summed E-state index contributed by atoms with van der Waals surface area (Å²) in [5.74, 6) is 0.0108. The fourth-order valence-corrected chi connectivity index (χ4v) is 1.03. The third-order valence-corrected chi connectivity index (χ3v) is 1.60. The molecule has 1 atom stereocenters. The van der Waals surface area contributed by atoms with Gasteiger partial charge in [0.05, 0.1) is 5.57 Å². The Bertz CT molecular complexity index is 199. The molecule has 0 aromatic carbocycles. The molecule has 1 unspecified atom stereocenters. The lowest BCUT2D eigenvalue weighted by Gasteiger charge is -2.14. The van der Waals surface area contributed by atoms with Crippen molar-refractivity contribution in [3.05, 3.63) is 23.8 Å². The van der Waals surface area contributed by atoms with Crippen molar-refractivity contribution >= 4 is 0 Å². The average molecular weight is 192 g/mol. The van der Waals surface area contributed by atoms with Crippen LogP contribution in [0.25, 0.3) is 0 Å². The van der Waals surface area contributed by atoms with Crippen molar-refractivity contribution in [1.82, 2.24) is 0 Å². The molecule has 0 saturated heterocycles. The van der Waals surface area contributed by atoms with Gasteiger partial charge in [-0.25, -0.2) is 0 Å². The molecule has 0 spiro atoms. The zero-order chi connectivity index (χ0) is 10.5. The van der Waals surface area contributed by atoms with Crippen LogP contribution < -0.4 is 0 Å². The number of allylic oxidation sites excluding steroid dienone is 4. The van der Waals surface area contributed by atoms with E-state index in [4.69, 9.17) is 0 Å². The first-order valence-corrected chi connectivity index (χ1v) is 4.45. The highest BCUT2D eigenvalue weighted by atomic mass is 19.4. The van der Waals surface area contributed by atoms with Crippen LogP contribution in [-0.4, -0.2) is 6.18 Å². The maximum atomic E-state index is 12.0. The molecule has 0 amide bonds. The van der Waals surface area contributed by atoms with E-state index in [-0.39, 0.29) is 5.92 Å². The number of rotatable bonds is 0. The standard InChI is InChI=1S/C8H9F3.C2H6/c1-6-3-2-4-7(5-6)8(9,10)11;1-2/h2,4-6H,3H2,1H3;1-2H3. The minimum atomic E-state index is -4.18. The van der Waals surface area contributed by atoms with Gasteiger partial charge in [0.25, 0.3) is 0 Å². The molecular formula is C10H15F3. The van der Waals surface area contributed by atoms with Gasteiger partial charge >= 0.3 is 6.18 Å². The van der Waals surface area contributed by atoms with Crippen molar-refractivity contribution in [3.63, 3.8) is 0 Å². The van der Waals surface area contributed by atoms with Gasteiger partial charge in [-0.3, -0.25) is 0 Å². The molecule has 1 aliphatic carbocycles. The minimum absolute atomic E-state index is 0.0108. The van der Waals surface area contributed by atoms with E-state index in [9.17, 15) is 13.2 Å². The maximum absolute atomic E-state index is 12.0. The summed E-state index contributed by atoms with van der Waals surface area (Å²) in [6.45, 7) is 5.77. The molecular weight excluding hydrogens is 177 g/mol. The van der Waals surface area contributed by atoms with Crippen LogP contribution in [0, 0.1) is 5.92 Å². The zero-order valence-electron chi connectivity index (χ0n) is 8.15. The van der Waals surface area contributed by atoms with Crippen molar-refractivity contribution in [2.75, 3.05) is 0 Å². The molecule has 0 heterocycles. The van der Waals surface area contributed by atoms with E-state index >= 15 is 0 Å². The number of hydrogen-bond acceptors (Lipinski definition) is 0. The van der Waals surface area contributed by atoms with E-state index < -0.39 is 11.7 Å². The molecule has 1 aliphatic rings. The van der Waals surface area contributed by atoms with Gasteiger partial charge in [0.1, 0.15) is 0 Å². The van der Waals surface area contributed by atoms with Crippen molar-refractivity contribution < 1.29 is 13.2 Å². The van der Waals surface area contributed by atoms with Gasteiger partial charge in [0.15, 0.2) is 0 Å². The first-order valence-electron chi connectivity index (χ1n) is 4.45. The monoisotopic (exact) mass is 192 g/mol. The van der Waals surface area contributed by atoms with Crippen LogP contribution in [-0.2, 0) is 0 Å². The Kier molecular flexibility index (Phi) is 4.81. The topological polar surface area (TPSA) is 0 Å². The van der Waals surface area contributed by atoms with Crippen LogP contribution in [0.15, 0.2) is 23.8 Å². The smallest absolute Gasteiger partial charge is 0.166 e.